The van der Waals surface area contributed by atoms with E-state index in [1.165, 1.54) is 17.0 Å². The number of anilines is 1. The summed E-state index contributed by atoms with van der Waals surface area (Å²) in [6.07, 6.45) is -4.76. The Balaban J connectivity index is 2.57. The molecule has 24 heavy (non-hydrogen) atoms. The molecule has 0 aliphatic carbocycles. The number of alkyl halides is 3. The number of ether oxygens (including phenoxy) is 1. The van der Waals surface area contributed by atoms with Gasteiger partial charge >= 0.3 is 6.36 Å². The summed E-state index contributed by atoms with van der Waals surface area (Å²) >= 11 is 0. The molecule has 9 heteroatoms. The third kappa shape index (κ3) is 6.45. The Morgan fingerprint density at radius 2 is 1.71 bits per heavy atom. The van der Waals surface area contributed by atoms with E-state index in [-0.39, 0.29) is 24.1 Å². The van der Waals surface area contributed by atoms with Crippen LogP contribution in [0.4, 0.5) is 18.9 Å². The van der Waals surface area contributed by atoms with Crippen molar-refractivity contribution in [3.63, 3.8) is 0 Å². The summed E-state index contributed by atoms with van der Waals surface area (Å²) in [4.78, 5) is 26.8. The Labute approximate surface area is 138 Å². The van der Waals surface area contributed by atoms with Crippen molar-refractivity contribution in [2.24, 2.45) is 0 Å². The summed E-state index contributed by atoms with van der Waals surface area (Å²) in [6, 6.07) is 4.32. The molecule has 0 heterocycles. The SMILES string of the molecule is C[C@H](C(=O)N(C)C)N(C)CC(=O)Nc1ccc(OC(F)(F)F)cc1. The zero-order valence-electron chi connectivity index (χ0n) is 13.8. The summed E-state index contributed by atoms with van der Waals surface area (Å²) in [5.41, 5.74) is 0.328. The summed E-state index contributed by atoms with van der Waals surface area (Å²) < 4.78 is 39.9. The van der Waals surface area contributed by atoms with Crippen LogP contribution >= 0.6 is 0 Å². The van der Waals surface area contributed by atoms with Crippen LogP contribution in [0, 0.1) is 0 Å². The van der Waals surface area contributed by atoms with E-state index in [1.54, 1.807) is 33.0 Å². The van der Waals surface area contributed by atoms with Crippen molar-refractivity contribution in [1.82, 2.24) is 9.80 Å². The molecule has 2 amide bonds. The first-order valence-corrected chi connectivity index (χ1v) is 7.06. The minimum absolute atomic E-state index is 0.0401. The lowest BCUT2D eigenvalue weighted by molar-refractivity contribution is -0.274. The monoisotopic (exact) mass is 347 g/mol. The summed E-state index contributed by atoms with van der Waals surface area (Å²) in [5.74, 6) is -0.901. The molecule has 1 N–H and O–H groups in total. The third-order valence-electron chi connectivity index (χ3n) is 3.22. The molecule has 0 radical (unpaired) electrons. The molecule has 0 saturated carbocycles. The molecule has 0 aliphatic heterocycles. The highest BCUT2D eigenvalue weighted by Gasteiger charge is 2.31. The quantitative estimate of drug-likeness (QED) is 0.854. The zero-order valence-corrected chi connectivity index (χ0v) is 13.8. The maximum Gasteiger partial charge on any atom is 0.573 e. The second-order valence-electron chi connectivity index (χ2n) is 5.44. The van der Waals surface area contributed by atoms with Crippen LogP contribution in [0.15, 0.2) is 24.3 Å². The van der Waals surface area contributed by atoms with Gasteiger partial charge in [-0.2, -0.15) is 0 Å². The Hall–Kier alpha value is -2.29. The number of nitrogens with one attached hydrogen (secondary N) is 1. The fourth-order valence-corrected chi connectivity index (χ4v) is 1.87. The summed E-state index contributed by atoms with van der Waals surface area (Å²) in [7, 11) is 4.88. The Bertz CT molecular complexity index is 574. The van der Waals surface area contributed by atoms with Gasteiger partial charge in [0.2, 0.25) is 11.8 Å². The predicted octanol–water partition coefficient (Wildman–Crippen LogP) is 1.93. The normalized spacial score (nSPS) is 12.7. The van der Waals surface area contributed by atoms with Crippen LogP contribution in [-0.4, -0.2) is 61.7 Å². The van der Waals surface area contributed by atoms with Gasteiger partial charge in [0.1, 0.15) is 5.75 Å². The van der Waals surface area contributed by atoms with Gasteiger partial charge in [0.25, 0.3) is 0 Å². The van der Waals surface area contributed by atoms with Crippen LogP contribution in [0.5, 0.6) is 5.75 Å². The fourth-order valence-electron chi connectivity index (χ4n) is 1.87. The number of carbonyl (C=O) groups is 2. The Morgan fingerprint density at radius 1 is 1.17 bits per heavy atom. The van der Waals surface area contributed by atoms with Crippen LogP contribution < -0.4 is 10.1 Å². The topological polar surface area (TPSA) is 61.9 Å². The van der Waals surface area contributed by atoms with E-state index in [0.717, 1.165) is 12.1 Å². The number of halogens is 3. The molecule has 0 saturated heterocycles. The van der Waals surface area contributed by atoms with Crippen molar-refractivity contribution in [2.75, 3.05) is 33.0 Å². The zero-order chi connectivity index (χ0) is 18.5. The minimum atomic E-state index is -4.76. The standard InChI is InChI=1S/C15H20F3N3O3/c1-10(14(23)20(2)3)21(4)9-13(22)19-11-5-7-12(8-6-11)24-15(16,17)18/h5-8,10H,9H2,1-4H3,(H,19,22)/t10-/m1/s1. The van der Waals surface area contributed by atoms with Gasteiger partial charge in [-0.05, 0) is 38.2 Å². The molecule has 0 fully saturated rings. The van der Waals surface area contributed by atoms with E-state index in [1.807, 2.05) is 0 Å². The second kappa shape index (κ2) is 8.00. The molecular weight excluding hydrogens is 327 g/mol. The Kier molecular flexibility index (Phi) is 6.59. The molecule has 1 aromatic rings. The summed E-state index contributed by atoms with van der Waals surface area (Å²) in [6.45, 7) is 1.64. The smallest absolute Gasteiger partial charge is 0.406 e. The first kappa shape index (κ1) is 19.8. The van der Waals surface area contributed by atoms with Crippen LogP contribution in [0.3, 0.4) is 0 Å². The molecule has 1 atom stereocenters. The first-order valence-electron chi connectivity index (χ1n) is 7.06. The maximum atomic E-state index is 12.1. The number of amides is 2. The first-order chi connectivity index (χ1) is 11.0. The number of carbonyl (C=O) groups excluding carboxylic acids is 2. The van der Waals surface area contributed by atoms with Crippen molar-refractivity contribution >= 4 is 17.5 Å². The maximum absolute atomic E-state index is 12.1. The summed E-state index contributed by atoms with van der Waals surface area (Å²) in [5, 5.41) is 2.54. The average molecular weight is 347 g/mol. The van der Waals surface area contributed by atoms with Crippen LogP contribution in [0.1, 0.15) is 6.92 Å². The van der Waals surface area contributed by atoms with Gasteiger partial charge in [-0.15, -0.1) is 13.2 Å². The number of hydrogen-bond acceptors (Lipinski definition) is 4. The van der Waals surface area contributed by atoms with Crippen LogP contribution in [0.2, 0.25) is 0 Å². The predicted molar refractivity (Wildman–Crippen MR) is 82.5 cm³/mol. The number of nitrogens with zero attached hydrogens (tertiary/aromatic N) is 2. The highest BCUT2D eigenvalue weighted by Crippen LogP contribution is 2.23. The molecular formula is C15H20F3N3O3. The molecule has 0 unspecified atom stereocenters. The van der Waals surface area contributed by atoms with Gasteiger partial charge < -0.3 is 15.0 Å². The molecule has 6 nitrogen and oxygen atoms in total. The minimum Gasteiger partial charge on any atom is -0.406 e. The van der Waals surface area contributed by atoms with Crippen molar-refractivity contribution in [2.45, 2.75) is 19.3 Å². The molecule has 0 spiro atoms. The highest BCUT2D eigenvalue weighted by atomic mass is 19.4. The third-order valence-corrected chi connectivity index (χ3v) is 3.22. The molecule has 0 bridgehead atoms. The molecule has 0 aliphatic rings. The van der Waals surface area contributed by atoms with E-state index in [9.17, 15) is 22.8 Å². The van der Waals surface area contributed by atoms with E-state index in [0.29, 0.717) is 5.69 Å². The second-order valence-corrected chi connectivity index (χ2v) is 5.44. The average Bonchev–Trinajstić information content (AvgIpc) is 2.45. The molecule has 1 rings (SSSR count). The van der Waals surface area contributed by atoms with Gasteiger partial charge in [-0.25, -0.2) is 0 Å². The van der Waals surface area contributed by atoms with E-state index >= 15 is 0 Å². The van der Waals surface area contributed by atoms with Crippen molar-refractivity contribution < 1.29 is 27.5 Å². The molecule has 134 valence electrons. The lowest BCUT2D eigenvalue weighted by Gasteiger charge is -2.25. The fraction of sp³-hybridized carbons (Fsp3) is 0.467. The van der Waals surface area contributed by atoms with Gasteiger partial charge in [-0.1, -0.05) is 0 Å². The number of likely N-dealkylation sites (N-methyl/N-ethyl adjacent to an activating group) is 2. The van der Waals surface area contributed by atoms with E-state index in [4.69, 9.17) is 0 Å². The van der Waals surface area contributed by atoms with E-state index in [2.05, 4.69) is 10.1 Å². The highest BCUT2D eigenvalue weighted by molar-refractivity contribution is 5.92. The number of rotatable bonds is 6. The molecule has 0 aromatic heterocycles. The van der Waals surface area contributed by atoms with Gasteiger partial charge in [0, 0.05) is 19.8 Å². The van der Waals surface area contributed by atoms with Crippen LogP contribution in [-0.2, 0) is 9.59 Å². The molecule has 1 aromatic carbocycles. The van der Waals surface area contributed by atoms with Gasteiger partial charge in [0.05, 0.1) is 12.6 Å². The number of hydrogen-bond donors (Lipinski definition) is 1. The lowest BCUT2D eigenvalue weighted by atomic mass is 10.2. The van der Waals surface area contributed by atoms with Crippen LogP contribution in [0.25, 0.3) is 0 Å². The van der Waals surface area contributed by atoms with E-state index < -0.39 is 12.4 Å². The Morgan fingerprint density at radius 3 is 2.17 bits per heavy atom. The van der Waals surface area contributed by atoms with Gasteiger partial charge in [-0.3, -0.25) is 14.5 Å². The largest absolute Gasteiger partial charge is 0.573 e. The van der Waals surface area contributed by atoms with Gasteiger partial charge in [0.15, 0.2) is 0 Å². The van der Waals surface area contributed by atoms with Crippen molar-refractivity contribution in [3.05, 3.63) is 24.3 Å². The van der Waals surface area contributed by atoms with Crippen molar-refractivity contribution in [1.29, 1.82) is 0 Å². The van der Waals surface area contributed by atoms with Crippen molar-refractivity contribution in [3.8, 4) is 5.75 Å². The number of benzene rings is 1. The lowest BCUT2D eigenvalue weighted by Crippen LogP contribution is -2.45.